The Morgan fingerprint density at radius 3 is 2.35 bits per heavy atom. The van der Waals surface area contributed by atoms with Gasteiger partial charge in [-0.15, -0.1) is 0 Å². The summed E-state index contributed by atoms with van der Waals surface area (Å²) in [5.74, 6) is -0.0879. The highest BCUT2D eigenvalue weighted by atomic mass is 35.5. The molecule has 31 heavy (non-hydrogen) atoms. The molecule has 0 spiro atoms. The highest BCUT2D eigenvalue weighted by Crippen LogP contribution is 2.44. The van der Waals surface area contributed by atoms with E-state index in [1.807, 2.05) is 12.1 Å². The van der Waals surface area contributed by atoms with Crippen molar-refractivity contribution in [3.63, 3.8) is 0 Å². The van der Waals surface area contributed by atoms with E-state index in [9.17, 15) is 14.4 Å². The van der Waals surface area contributed by atoms with Crippen LogP contribution >= 0.6 is 11.6 Å². The van der Waals surface area contributed by atoms with Crippen molar-refractivity contribution in [2.24, 2.45) is 5.92 Å². The van der Waals surface area contributed by atoms with E-state index in [2.05, 4.69) is 6.07 Å². The number of rotatable bonds is 7. The second kappa shape index (κ2) is 9.20. The van der Waals surface area contributed by atoms with Crippen LogP contribution in [0.4, 0.5) is 4.39 Å². The topological polar surface area (TPSA) is 59.3 Å². The van der Waals surface area contributed by atoms with Gasteiger partial charge < -0.3 is 9.47 Å². The zero-order valence-electron chi connectivity index (χ0n) is 16.5. The monoisotopic (exact) mass is 435 g/mol. The van der Waals surface area contributed by atoms with Crippen molar-refractivity contribution >= 4 is 17.6 Å². The molecular weight excluding hydrogens is 417 g/mol. The van der Waals surface area contributed by atoms with Gasteiger partial charge in [-0.05, 0) is 72.9 Å². The maximum absolute atomic E-state index is 13.1. The van der Waals surface area contributed by atoms with E-state index in [1.165, 1.54) is 24.3 Å². The van der Waals surface area contributed by atoms with Crippen LogP contribution in [-0.4, -0.2) is 5.97 Å². The Bertz CT molecular complexity index is 1100. The lowest BCUT2D eigenvalue weighted by Gasteiger charge is -2.19. The third-order valence-corrected chi connectivity index (χ3v) is 5.39. The number of nitriles is 1. The van der Waals surface area contributed by atoms with E-state index in [0.29, 0.717) is 22.1 Å². The normalized spacial score (nSPS) is 14.9. The number of hydrogen-bond donors (Lipinski definition) is 0. The minimum atomic E-state index is -1.07. The van der Waals surface area contributed by atoms with Crippen molar-refractivity contribution in [2.75, 3.05) is 0 Å². The third-order valence-electron chi connectivity index (χ3n) is 5.14. The summed E-state index contributed by atoms with van der Waals surface area (Å²) in [7, 11) is 0. The largest absolute Gasteiger partial charge is 0.457 e. The average molecular weight is 436 g/mol. The molecule has 2 unspecified atom stereocenters. The predicted molar refractivity (Wildman–Crippen MR) is 114 cm³/mol. The van der Waals surface area contributed by atoms with E-state index >= 15 is 0 Å². The van der Waals surface area contributed by atoms with Crippen molar-refractivity contribution in [3.05, 3.63) is 94.8 Å². The Balaban J connectivity index is 1.50. The Kier molecular flexibility index (Phi) is 6.20. The van der Waals surface area contributed by atoms with Gasteiger partial charge in [-0.25, -0.2) is 4.39 Å². The quantitative estimate of drug-likeness (QED) is 0.393. The van der Waals surface area contributed by atoms with Gasteiger partial charge in [0.1, 0.15) is 23.4 Å². The van der Waals surface area contributed by atoms with Crippen LogP contribution < -0.4 is 4.74 Å². The number of carbonyl (C=O) groups is 1. The van der Waals surface area contributed by atoms with Crippen LogP contribution in [0.25, 0.3) is 0 Å². The third kappa shape index (κ3) is 5.22. The molecule has 1 aliphatic rings. The molecule has 0 amide bonds. The molecule has 3 aromatic carbocycles. The summed E-state index contributed by atoms with van der Waals surface area (Å²) >= 11 is 5.97. The molecule has 156 valence electrons. The van der Waals surface area contributed by atoms with E-state index in [4.69, 9.17) is 21.1 Å². The maximum atomic E-state index is 13.1. The molecule has 2 atom stereocenters. The van der Waals surface area contributed by atoms with Crippen LogP contribution in [0.5, 0.6) is 11.5 Å². The Morgan fingerprint density at radius 1 is 1.00 bits per heavy atom. The van der Waals surface area contributed by atoms with Crippen molar-refractivity contribution in [3.8, 4) is 17.6 Å². The van der Waals surface area contributed by atoms with E-state index < -0.39 is 18.0 Å². The van der Waals surface area contributed by atoms with Crippen LogP contribution in [0.15, 0.2) is 72.8 Å². The number of nitrogens with zero attached hydrogens (tertiary/aromatic N) is 1. The second-order valence-corrected chi connectivity index (χ2v) is 7.88. The summed E-state index contributed by atoms with van der Waals surface area (Å²) < 4.78 is 24.4. The molecule has 1 aliphatic carbocycles. The Morgan fingerprint density at radius 2 is 1.71 bits per heavy atom. The lowest BCUT2D eigenvalue weighted by molar-refractivity contribution is -0.149. The summed E-state index contributed by atoms with van der Waals surface area (Å²) in [5, 5.41) is 10.3. The number of halogens is 2. The first kappa shape index (κ1) is 20.9. The summed E-state index contributed by atoms with van der Waals surface area (Å²) in [6, 6.07) is 21.6. The molecular formula is C25H19ClFNO3. The van der Waals surface area contributed by atoms with E-state index in [-0.39, 0.29) is 11.7 Å². The lowest BCUT2D eigenvalue weighted by Crippen LogP contribution is -2.20. The first-order chi connectivity index (χ1) is 15.0. The van der Waals surface area contributed by atoms with Gasteiger partial charge in [0.15, 0.2) is 0 Å². The second-order valence-electron chi connectivity index (χ2n) is 7.44. The fraction of sp³-hybridized carbons (Fsp3) is 0.200. The molecule has 0 aromatic heterocycles. The van der Waals surface area contributed by atoms with Crippen LogP contribution in [0.2, 0.25) is 5.02 Å². The number of esters is 1. The van der Waals surface area contributed by atoms with E-state index in [1.54, 1.807) is 36.4 Å². The fourth-order valence-electron chi connectivity index (χ4n) is 3.44. The Hall–Kier alpha value is -3.36. The van der Waals surface area contributed by atoms with Crippen LogP contribution in [-0.2, 0) is 9.53 Å². The summed E-state index contributed by atoms with van der Waals surface area (Å²) in [4.78, 5) is 13.0. The molecule has 0 N–H and O–H groups in total. The molecule has 0 radical (unpaired) electrons. The van der Waals surface area contributed by atoms with Gasteiger partial charge in [0.2, 0.25) is 6.10 Å². The van der Waals surface area contributed by atoms with Crippen molar-refractivity contribution in [2.45, 2.75) is 24.9 Å². The molecule has 6 heteroatoms. The van der Waals surface area contributed by atoms with Crippen LogP contribution in [0, 0.1) is 23.1 Å². The zero-order chi connectivity index (χ0) is 21.8. The summed E-state index contributed by atoms with van der Waals surface area (Å²) in [5.41, 5.74) is 1.34. The minimum absolute atomic E-state index is 0.209. The van der Waals surface area contributed by atoms with Gasteiger partial charge in [0, 0.05) is 10.6 Å². The highest BCUT2D eigenvalue weighted by molar-refractivity contribution is 6.30. The first-order valence-corrected chi connectivity index (χ1v) is 10.3. The highest BCUT2D eigenvalue weighted by Gasteiger charge is 2.39. The number of carbonyl (C=O) groups excluding carboxylic acids is 1. The van der Waals surface area contributed by atoms with Crippen LogP contribution in [0.3, 0.4) is 0 Å². The molecule has 1 fully saturated rings. The molecule has 0 bridgehead atoms. The van der Waals surface area contributed by atoms with Crippen LogP contribution in [0.1, 0.15) is 36.0 Å². The standard InChI is InChI=1S/C25H19ClFNO3/c26-19-8-6-17(7-9-19)24(16-4-5-16)25(29)31-23(15-28)18-2-1-3-22(14-18)30-21-12-10-20(27)11-13-21/h1-3,6-14,16,23-24H,4-5H2. The molecule has 0 saturated heterocycles. The van der Waals surface area contributed by atoms with Crippen molar-refractivity contribution < 1.29 is 18.7 Å². The van der Waals surface area contributed by atoms with Gasteiger partial charge in [0.25, 0.3) is 0 Å². The van der Waals surface area contributed by atoms with Gasteiger partial charge in [-0.1, -0.05) is 35.9 Å². The molecule has 0 aliphatic heterocycles. The molecule has 1 saturated carbocycles. The van der Waals surface area contributed by atoms with Crippen molar-refractivity contribution in [1.29, 1.82) is 5.26 Å². The van der Waals surface area contributed by atoms with Gasteiger partial charge in [-0.2, -0.15) is 5.26 Å². The fourth-order valence-corrected chi connectivity index (χ4v) is 3.56. The summed E-state index contributed by atoms with van der Waals surface area (Å²) in [6.45, 7) is 0. The lowest BCUT2D eigenvalue weighted by atomic mass is 9.94. The number of benzene rings is 3. The Labute approximate surface area is 184 Å². The first-order valence-electron chi connectivity index (χ1n) is 9.92. The van der Waals surface area contributed by atoms with Crippen molar-refractivity contribution in [1.82, 2.24) is 0 Å². The molecule has 4 rings (SSSR count). The smallest absolute Gasteiger partial charge is 0.315 e. The molecule has 3 aromatic rings. The SMILES string of the molecule is N#CC(OC(=O)C(c1ccc(Cl)cc1)C1CC1)c1cccc(Oc2ccc(F)cc2)c1. The van der Waals surface area contributed by atoms with E-state index in [0.717, 1.165) is 18.4 Å². The average Bonchev–Trinajstić information content (AvgIpc) is 3.60. The van der Waals surface area contributed by atoms with Gasteiger partial charge >= 0.3 is 5.97 Å². The zero-order valence-corrected chi connectivity index (χ0v) is 17.3. The van der Waals surface area contributed by atoms with Gasteiger partial charge in [0.05, 0.1) is 5.92 Å². The molecule has 4 nitrogen and oxygen atoms in total. The number of ether oxygens (including phenoxy) is 2. The maximum Gasteiger partial charge on any atom is 0.315 e. The summed E-state index contributed by atoms with van der Waals surface area (Å²) in [6.07, 6.45) is 0.819. The van der Waals surface area contributed by atoms with Gasteiger partial charge in [-0.3, -0.25) is 4.79 Å². The minimum Gasteiger partial charge on any atom is -0.457 e. The molecule has 0 heterocycles. The predicted octanol–water partition coefficient (Wildman–Crippen LogP) is 6.57. The number of hydrogen-bond acceptors (Lipinski definition) is 4.